The molecular formula is C33H32F3N3O5. The lowest BCUT2D eigenvalue weighted by Gasteiger charge is -2.53. The number of carbonyl (C=O) groups is 1. The number of anilines is 1. The normalized spacial score (nSPS) is 18.4. The molecule has 3 fully saturated rings. The van der Waals surface area contributed by atoms with Crippen molar-refractivity contribution in [1.29, 1.82) is 0 Å². The highest BCUT2D eigenvalue weighted by atomic mass is 19.4. The third kappa shape index (κ3) is 5.33. The molecule has 1 N–H and O–H groups in total. The molecule has 3 heterocycles. The Bertz CT molecular complexity index is 1720. The standard InChI is InChI=1S/C33H32F3N3O5/c1-2-42-27-16-25(31(40)41)37-24-10-9-21(15-23(24)27)39-13-11-32(12-14-39)17-20(18-32)28-29(38-44-30(28)19-7-8-19)22-5-3-4-6-26(22)43-33(34,35)36/h3-6,9-10,15-16,19-20H,2,7-8,11-14,17-18H2,1H3,(H,40,41). The third-order valence-electron chi connectivity index (χ3n) is 9.30. The van der Waals surface area contributed by atoms with Crippen LogP contribution in [0.25, 0.3) is 22.2 Å². The Kier molecular flexibility index (Phi) is 6.93. The van der Waals surface area contributed by atoms with E-state index < -0.39 is 12.3 Å². The molecule has 2 aromatic carbocycles. The minimum atomic E-state index is -4.80. The van der Waals surface area contributed by atoms with Gasteiger partial charge in [-0.25, -0.2) is 9.78 Å². The Morgan fingerprint density at radius 2 is 1.82 bits per heavy atom. The van der Waals surface area contributed by atoms with Crippen molar-refractivity contribution in [2.24, 2.45) is 5.41 Å². The number of fused-ring (bicyclic) bond motifs is 1. The number of nitrogens with zero attached hydrogens (tertiary/aromatic N) is 3. The molecule has 0 amide bonds. The summed E-state index contributed by atoms with van der Waals surface area (Å²) in [6.45, 7) is 3.99. The first-order valence-electron chi connectivity index (χ1n) is 15.0. The van der Waals surface area contributed by atoms with Crippen molar-refractivity contribution >= 4 is 22.6 Å². The summed E-state index contributed by atoms with van der Waals surface area (Å²) in [5, 5.41) is 14.5. The predicted octanol–water partition coefficient (Wildman–Crippen LogP) is 7.93. The van der Waals surface area contributed by atoms with Gasteiger partial charge in [0.1, 0.15) is 23.0 Å². The van der Waals surface area contributed by atoms with Crippen LogP contribution in [-0.4, -0.2) is 47.3 Å². The first-order valence-corrected chi connectivity index (χ1v) is 15.0. The second-order valence-electron chi connectivity index (χ2n) is 12.2. The maximum absolute atomic E-state index is 13.2. The molecule has 1 saturated heterocycles. The lowest BCUT2D eigenvalue weighted by Crippen LogP contribution is -2.46. The van der Waals surface area contributed by atoms with Gasteiger partial charge in [-0.1, -0.05) is 17.3 Å². The molecule has 1 aliphatic heterocycles. The molecule has 4 aromatic rings. The van der Waals surface area contributed by atoms with Crippen molar-refractivity contribution in [2.75, 3.05) is 24.6 Å². The fourth-order valence-corrected chi connectivity index (χ4v) is 7.02. The minimum absolute atomic E-state index is 0.0506. The highest BCUT2D eigenvalue weighted by Crippen LogP contribution is 2.60. The Morgan fingerprint density at radius 1 is 1.07 bits per heavy atom. The summed E-state index contributed by atoms with van der Waals surface area (Å²) in [4.78, 5) is 18.2. The Morgan fingerprint density at radius 3 is 2.50 bits per heavy atom. The minimum Gasteiger partial charge on any atom is -0.493 e. The lowest BCUT2D eigenvalue weighted by atomic mass is 9.55. The zero-order valence-corrected chi connectivity index (χ0v) is 24.2. The molecule has 11 heteroatoms. The van der Waals surface area contributed by atoms with Crippen molar-refractivity contribution in [3.8, 4) is 22.8 Å². The summed E-state index contributed by atoms with van der Waals surface area (Å²) < 4.78 is 55.5. The fraction of sp³-hybridized carbons (Fsp3) is 0.424. The number of benzene rings is 2. The van der Waals surface area contributed by atoms with E-state index in [4.69, 9.17) is 9.26 Å². The zero-order chi connectivity index (χ0) is 30.6. The number of hydrogen-bond donors (Lipinski definition) is 1. The van der Waals surface area contributed by atoms with E-state index in [0.717, 1.165) is 74.0 Å². The Labute approximate surface area is 251 Å². The molecule has 0 atom stereocenters. The summed E-state index contributed by atoms with van der Waals surface area (Å²) in [7, 11) is 0. The number of carboxylic acid groups (broad SMARTS) is 1. The second-order valence-corrected chi connectivity index (χ2v) is 12.2. The van der Waals surface area contributed by atoms with Crippen LogP contribution < -0.4 is 14.4 Å². The topological polar surface area (TPSA) is 97.9 Å². The second kappa shape index (κ2) is 10.7. The number of aromatic carboxylic acids is 1. The van der Waals surface area contributed by atoms with Crippen molar-refractivity contribution in [2.45, 2.75) is 63.6 Å². The molecule has 8 nitrogen and oxygen atoms in total. The number of hydrogen-bond acceptors (Lipinski definition) is 7. The van der Waals surface area contributed by atoms with E-state index in [0.29, 0.717) is 29.1 Å². The molecule has 3 aliphatic rings. The van der Waals surface area contributed by atoms with Crippen molar-refractivity contribution < 1.29 is 37.1 Å². The SMILES string of the molecule is CCOc1cc(C(=O)O)nc2ccc(N3CCC4(CC3)CC(c3c(-c5ccccc5OC(F)(F)F)noc3C3CC3)C4)cc12. The predicted molar refractivity (Wildman–Crippen MR) is 156 cm³/mol. The van der Waals surface area contributed by atoms with Crippen LogP contribution in [0.2, 0.25) is 0 Å². The van der Waals surface area contributed by atoms with E-state index in [1.54, 1.807) is 12.1 Å². The zero-order valence-electron chi connectivity index (χ0n) is 24.2. The number of piperidine rings is 1. The van der Waals surface area contributed by atoms with E-state index in [1.807, 2.05) is 25.1 Å². The van der Waals surface area contributed by atoms with Gasteiger partial charge in [0, 0.05) is 47.3 Å². The summed E-state index contributed by atoms with van der Waals surface area (Å²) in [6.07, 6.45) is 1.04. The smallest absolute Gasteiger partial charge is 0.493 e. The van der Waals surface area contributed by atoms with Gasteiger partial charge in [0.2, 0.25) is 0 Å². The monoisotopic (exact) mass is 607 g/mol. The van der Waals surface area contributed by atoms with Gasteiger partial charge in [0.25, 0.3) is 0 Å². The molecule has 230 valence electrons. The molecule has 44 heavy (non-hydrogen) atoms. The molecule has 1 spiro atoms. The molecular weight excluding hydrogens is 575 g/mol. The van der Waals surface area contributed by atoms with Crippen LogP contribution in [-0.2, 0) is 0 Å². The van der Waals surface area contributed by atoms with Gasteiger partial charge >= 0.3 is 12.3 Å². The van der Waals surface area contributed by atoms with Gasteiger partial charge in [-0.05, 0) is 87.1 Å². The van der Waals surface area contributed by atoms with Gasteiger partial charge in [0.05, 0.1) is 12.1 Å². The van der Waals surface area contributed by atoms with E-state index in [1.165, 1.54) is 18.2 Å². The van der Waals surface area contributed by atoms with E-state index in [9.17, 15) is 23.1 Å². The molecule has 0 radical (unpaired) electrons. The summed E-state index contributed by atoms with van der Waals surface area (Å²) in [6, 6.07) is 13.5. The molecule has 0 unspecified atom stereocenters. The van der Waals surface area contributed by atoms with Crippen LogP contribution >= 0.6 is 0 Å². The maximum atomic E-state index is 13.2. The van der Waals surface area contributed by atoms with Crippen molar-refractivity contribution in [3.63, 3.8) is 0 Å². The van der Waals surface area contributed by atoms with E-state index in [2.05, 4.69) is 19.8 Å². The summed E-state index contributed by atoms with van der Waals surface area (Å²) in [5.41, 5.74) is 3.43. The number of pyridine rings is 1. The maximum Gasteiger partial charge on any atom is 0.573 e. The van der Waals surface area contributed by atoms with Gasteiger partial charge < -0.3 is 24.0 Å². The number of ether oxygens (including phenoxy) is 2. The lowest BCUT2D eigenvalue weighted by molar-refractivity contribution is -0.274. The Balaban J connectivity index is 1.09. The van der Waals surface area contributed by atoms with Crippen LogP contribution in [0, 0.1) is 5.41 Å². The molecule has 2 aliphatic carbocycles. The number of para-hydroxylation sites is 1. The number of carboxylic acids is 1. The van der Waals surface area contributed by atoms with E-state index in [-0.39, 0.29) is 28.7 Å². The van der Waals surface area contributed by atoms with Crippen LogP contribution in [0.4, 0.5) is 18.9 Å². The number of rotatable bonds is 8. The first-order chi connectivity index (χ1) is 21.1. The van der Waals surface area contributed by atoms with Crippen LogP contribution in [0.3, 0.4) is 0 Å². The van der Waals surface area contributed by atoms with Crippen LogP contribution in [0.15, 0.2) is 53.1 Å². The molecule has 2 saturated carbocycles. The third-order valence-corrected chi connectivity index (χ3v) is 9.30. The average Bonchev–Trinajstić information content (AvgIpc) is 3.74. The number of alkyl halides is 3. The number of halogens is 3. The van der Waals surface area contributed by atoms with Crippen molar-refractivity contribution in [1.82, 2.24) is 10.1 Å². The van der Waals surface area contributed by atoms with Gasteiger partial charge in [-0.3, -0.25) is 0 Å². The summed E-state index contributed by atoms with van der Waals surface area (Å²) in [5.74, 6) is 0.400. The highest BCUT2D eigenvalue weighted by Gasteiger charge is 2.50. The van der Waals surface area contributed by atoms with Gasteiger partial charge in [-0.2, -0.15) is 0 Å². The van der Waals surface area contributed by atoms with Crippen LogP contribution in [0.1, 0.15) is 79.1 Å². The average molecular weight is 608 g/mol. The summed E-state index contributed by atoms with van der Waals surface area (Å²) >= 11 is 0. The molecule has 7 rings (SSSR count). The quantitative estimate of drug-likeness (QED) is 0.216. The van der Waals surface area contributed by atoms with E-state index >= 15 is 0 Å². The van der Waals surface area contributed by atoms with Gasteiger partial charge in [0.15, 0.2) is 5.69 Å². The highest BCUT2D eigenvalue weighted by molar-refractivity contribution is 5.94. The number of aromatic nitrogens is 2. The Hall–Kier alpha value is -4.28. The molecule has 0 bridgehead atoms. The molecule has 2 aromatic heterocycles. The largest absolute Gasteiger partial charge is 0.573 e. The first kappa shape index (κ1) is 28.5. The van der Waals surface area contributed by atoms with Crippen molar-refractivity contribution in [3.05, 3.63) is 65.5 Å². The fourth-order valence-electron chi connectivity index (χ4n) is 7.02. The van der Waals surface area contributed by atoms with Gasteiger partial charge in [-0.15, -0.1) is 13.2 Å². The van der Waals surface area contributed by atoms with Crippen LogP contribution in [0.5, 0.6) is 11.5 Å².